The van der Waals surface area contributed by atoms with E-state index in [0.29, 0.717) is 27.4 Å². The monoisotopic (exact) mass is 361 g/mol. The van der Waals surface area contributed by atoms with Crippen molar-refractivity contribution in [2.24, 2.45) is 13.0 Å². The highest BCUT2D eigenvalue weighted by Gasteiger charge is 2.28. The second-order valence-corrected chi connectivity index (χ2v) is 6.89. The van der Waals surface area contributed by atoms with Gasteiger partial charge in [0.25, 0.3) is 5.69 Å². The molecule has 3 aromatic rings. The number of fused-ring (bicyclic) bond motifs is 1. The molecule has 0 radical (unpaired) electrons. The van der Waals surface area contributed by atoms with Crippen LogP contribution >= 0.6 is 11.6 Å². The van der Waals surface area contributed by atoms with Gasteiger partial charge >= 0.3 is 11.4 Å². The molecule has 0 unspecified atom stereocenters. The summed E-state index contributed by atoms with van der Waals surface area (Å²) in [6.45, 7) is 3.92. The molecule has 0 spiro atoms. The summed E-state index contributed by atoms with van der Waals surface area (Å²) >= 11 is 6.11. The molecule has 0 atom stereocenters. The van der Waals surface area contributed by atoms with Gasteiger partial charge in [0.1, 0.15) is 0 Å². The molecular weight excluding hydrogens is 342 g/mol. The summed E-state index contributed by atoms with van der Waals surface area (Å²) in [6, 6.07) is 5.42. The van der Waals surface area contributed by atoms with Gasteiger partial charge in [-0.3, -0.25) is 9.36 Å². The molecule has 2 heterocycles. The number of methoxy groups -OCH3 is 1. The van der Waals surface area contributed by atoms with Gasteiger partial charge in [-0.2, -0.15) is 0 Å². The fourth-order valence-corrected chi connectivity index (χ4v) is 3.24. The molecule has 7 heteroatoms. The quantitative estimate of drug-likeness (QED) is 0.573. The molecule has 1 N–H and O–H groups in total. The number of aromatic amines is 1. The Morgan fingerprint density at radius 2 is 2.12 bits per heavy atom. The summed E-state index contributed by atoms with van der Waals surface area (Å²) < 4.78 is 7.46. The third-order valence-corrected chi connectivity index (χ3v) is 4.45. The van der Waals surface area contributed by atoms with Crippen LogP contribution in [0, 0.1) is 11.1 Å². The lowest BCUT2D eigenvalue weighted by Gasteiger charge is -2.15. The first-order valence-electron chi connectivity index (χ1n) is 8.01. The van der Waals surface area contributed by atoms with E-state index in [-0.39, 0.29) is 23.1 Å². The molecule has 0 aliphatic carbocycles. The number of H-pyrrole nitrogens is 1. The maximum Gasteiger partial charge on any atom is 0.404 e. The van der Waals surface area contributed by atoms with Crippen LogP contribution in [0.15, 0.2) is 29.2 Å². The fourth-order valence-electron chi connectivity index (χ4n) is 3.07. The van der Waals surface area contributed by atoms with Gasteiger partial charge in [0.05, 0.1) is 7.11 Å². The largest absolute Gasteiger partial charge is 0.616 e. The number of hydrogen-bond donors (Lipinski definition) is 1. The van der Waals surface area contributed by atoms with E-state index in [1.807, 2.05) is 19.9 Å². The summed E-state index contributed by atoms with van der Waals surface area (Å²) in [4.78, 5) is 15.9. The predicted molar refractivity (Wildman–Crippen MR) is 98.0 cm³/mol. The van der Waals surface area contributed by atoms with Crippen LogP contribution in [-0.4, -0.2) is 16.7 Å². The Hall–Kier alpha value is -2.47. The van der Waals surface area contributed by atoms with Crippen molar-refractivity contribution in [3.05, 3.63) is 50.7 Å². The summed E-state index contributed by atoms with van der Waals surface area (Å²) in [5.41, 5.74) is 1.82. The van der Waals surface area contributed by atoms with Crippen LogP contribution in [0.5, 0.6) is 5.88 Å². The molecular formula is C18H20ClN3O3. The van der Waals surface area contributed by atoms with Crippen LogP contribution in [0.25, 0.3) is 22.2 Å². The van der Waals surface area contributed by atoms with E-state index in [9.17, 15) is 10.0 Å². The van der Waals surface area contributed by atoms with Crippen LogP contribution in [0.3, 0.4) is 0 Å². The van der Waals surface area contributed by atoms with Gasteiger partial charge in [-0.15, -0.1) is 4.73 Å². The number of nitrogens with one attached hydrogen (secondary N) is 1. The predicted octanol–water partition coefficient (Wildman–Crippen LogP) is 3.03. The van der Waals surface area contributed by atoms with E-state index in [1.165, 1.54) is 11.7 Å². The molecule has 25 heavy (non-hydrogen) atoms. The number of nitrogens with zero attached hydrogens (tertiary/aromatic N) is 2. The zero-order chi connectivity index (χ0) is 18.3. The fraction of sp³-hybridized carbons (Fsp3) is 0.333. The molecule has 2 aromatic heterocycles. The Morgan fingerprint density at radius 1 is 1.40 bits per heavy atom. The minimum absolute atomic E-state index is 0.0959. The summed E-state index contributed by atoms with van der Waals surface area (Å²) in [7, 11) is 3.08. The third kappa shape index (κ3) is 2.87. The average Bonchev–Trinajstić information content (AvgIpc) is 2.97. The molecule has 1 aromatic carbocycles. The Kier molecular flexibility index (Phi) is 4.47. The Labute approximate surface area is 150 Å². The molecule has 3 rings (SSSR count). The van der Waals surface area contributed by atoms with Crippen molar-refractivity contribution in [2.75, 3.05) is 7.11 Å². The zero-order valence-corrected chi connectivity index (χ0v) is 15.3. The lowest BCUT2D eigenvalue weighted by molar-refractivity contribution is -0.622. The number of halogens is 1. The van der Waals surface area contributed by atoms with Crippen LogP contribution in [-0.2, 0) is 13.5 Å². The maximum atomic E-state index is 12.8. The van der Waals surface area contributed by atoms with E-state index in [0.717, 1.165) is 10.9 Å². The van der Waals surface area contributed by atoms with Crippen molar-refractivity contribution in [1.29, 1.82) is 0 Å². The normalized spacial score (nSPS) is 11.4. The van der Waals surface area contributed by atoms with Crippen LogP contribution in [0.1, 0.15) is 19.5 Å². The average molecular weight is 362 g/mol. The first-order chi connectivity index (χ1) is 11.8. The highest BCUT2D eigenvalue weighted by atomic mass is 35.5. The number of benzene rings is 1. The zero-order valence-electron chi connectivity index (χ0n) is 14.6. The van der Waals surface area contributed by atoms with Gasteiger partial charge in [0.15, 0.2) is 5.69 Å². The van der Waals surface area contributed by atoms with Crippen LogP contribution < -0.4 is 15.0 Å². The Bertz CT molecular complexity index is 1000. The minimum atomic E-state index is -0.323. The van der Waals surface area contributed by atoms with Gasteiger partial charge in [-0.1, -0.05) is 25.4 Å². The van der Waals surface area contributed by atoms with Crippen LogP contribution in [0.4, 0.5) is 0 Å². The summed E-state index contributed by atoms with van der Waals surface area (Å²) in [6.07, 6.45) is 2.13. The lowest BCUT2D eigenvalue weighted by atomic mass is 10.1. The van der Waals surface area contributed by atoms with Gasteiger partial charge in [-0.05, 0) is 24.1 Å². The highest BCUT2D eigenvalue weighted by Crippen LogP contribution is 2.33. The first kappa shape index (κ1) is 17.4. The maximum absolute atomic E-state index is 12.8. The Balaban J connectivity index is 2.36. The Morgan fingerprint density at radius 3 is 2.76 bits per heavy atom. The van der Waals surface area contributed by atoms with E-state index >= 15 is 0 Å². The second kappa shape index (κ2) is 6.44. The minimum Gasteiger partial charge on any atom is -0.616 e. The molecule has 0 bridgehead atoms. The van der Waals surface area contributed by atoms with Crippen molar-refractivity contribution in [3.63, 3.8) is 0 Å². The van der Waals surface area contributed by atoms with E-state index < -0.39 is 0 Å². The van der Waals surface area contributed by atoms with Crippen molar-refractivity contribution in [3.8, 4) is 17.1 Å². The summed E-state index contributed by atoms with van der Waals surface area (Å²) in [5.74, 6) is 0.272. The van der Waals surface area contributed by atoms with Crippen molar-refractivity contribution < 1.29 is 9.47 Å². The number of hydrogen-bond acceptors (Lipinski definition) is 3. The number of aromatic nitrogens is 3. The van der Waals surface area contributed by atoms with E-state index in [4.69, 9.17) is 16.3 Å². The molecule has 0 aliphatic rings. The molecule has 0 fully saturated rings. The van der Waals surface area contributed by atoms with Crippen molar-refractivity contribution >= 4 is 22.5 Å². The topological polar surface area (TPSA) is 74.0 Å². The second-order valence-electron chi connectivity index (χ2n) is 6.45. The molecule has 0 amide bonds. The van der Waals surface area contributed by atoms with Gasteiger partial charge in [-0.25, -0.2) is 0 Å². The molecule has 0 aliphatic heterocycles. The van der Waals surface area contributed by atoms with E-state index in [1.54, 1.807) is 25.4 Å². The number of rotatable bonds is 4. The molecule has 0 saturated carbocycles. The molecule has 132 valence electrons. The standard InChI is InChI=1S/C18H20ClN3O3/c1-10(2)7-15-17(23)21(3)16(18(25-4)22(15)24)13-9-20-14-6-5-11(19)8-12(13)14/h5-6,8-10,20H,7H2,1-4H3. The SMILES string of the molecule is COc1c(-c2c[nH]c3ccc(Cl)cc23)n(C)c(=O)c(CC(C)C)[n+]1[O-]. The van der Waals surface area contributed by atoms with Gasteiger partial charge in [0.2, 0.25) is 0 Å². The molecule has 0 saturated heterocycles. The lowest BCUT2D eigenvalue weighted by Crippen LogP contribution is -2.44. The first-order valence-corrected chi connectivity index (χ1v) is 8.39. The van der Waals surface area contributed by atoms with Crippen molar-refractivity contribution in [2.45, 2.75) is 20.3 Å². The third-order valence-electron chi connectivity index (χ3n) is 4.21. The van der Waals surface area contributed by atoms with E-state index in [2.05, 4.69) is 4.98 Å². The van der Waals surface area contributed by atoms with Crippen molar-refractivity contribution in [1.82, 2.24) is 9.55 Å². The highest BCUT2D eigenvalue weighted by molar-refractivity contribution is 6.31. The number of ether oxygens (including phenoxy) is 1. The summed E-state index contributed by atoms with van der Waals surface area (Å²) in [5, 5.41) is 14.2. The smallest absolute Gasteiger partial charge is 0.404 e. The molecule has 6 nitrogen and oxygen atoms in total. The van der Waals surface area contributed by atoms with Gasteiger partial charge < -0.3 is 14.9 Å². The van der Waals surface area contributed by atoms with Gasteiger partial charge in [0, 0.05) is 41.2 Å². The van der Waals surface area contributed by atoms with Crippen LogP contribution in [0.2, 0.25) is 5.02 Å².